The van der Waals surface area contributed by atoms with E-state index in [2.05, 4.69) is 11.4 Å². The van der Waals surface area contributed by atoms with Gasteiger partial charge in [0.2, 0.25) is 0 Å². The lowest BCUT2D eigenvalue weighted by molar-refractivity contribution is 0.158. The Bertz CT molecular complexity index is 705. The van der Waals surface area contributed by atoms with Gasteiger partial charge in [-0.25, -0.2) is 0 Å². The van der Waals surface area contributed by atoms with E-state index < -0.39 is 0 Å². The molecule has 1 aliphatic heterocycles. The van der Waals surface area contributed by atoms with Crippen molar-refractivity contribution < 1.29 is 9.84 Å². The van der Waals surface area contributed by atoms with E-state index in [-0.39, 0.29) is 17.4 Å². The Kier molecular flexibility index (Phi) is 3.57. The van der Waals surface area contributed by atoms with Crippen LogP contribution in [0.2, 0.25) is 0 Å². The first kappa shape index (κ1) is 14.5. The summed E-state index contributed by atoms with van der Waals surface area (Å²) in [5.74, 6) is 0.974. The van der Waals surface area contributed by atoms with Crippen molar-refractivity contribution in [3.8, 4) is 11.5 Å². The van der Waals surface area contributed by atoms with Crippen molar-refractivity contribution in [1.82, 2.24) is 0 Å². The van der Waals surface area contributed by atoms with E-state index >= 15 is 0 Å². The molecule has 0 spiro atoms. The smallest absolute Gasteiger partial charge is 0.131 e. The van der Waals surface area contributed by atoms with Crippen LogP contribution in [0.1, 0.15) is 37.9 Å². The highest BCUT2D eigenvalue weighted by molar-refractivity contribution is 5.65. The number of aromatic hydroxyl groups is 1. The lowest BCUT2D eigenvalue weighted by atomic mass is 9.98. The molecule has 0 bridgehead atoms. The molecule has 2 aromatic carbocycles. The summed E-state index contributed by atoms with van der Waals surface area (Å²) < 4.78 is 5.89. The summed E-state index contributed by atoms with van der Waals surface area (Å²) in [4.78, 5) is 0. The lowest BCUT2D eigenvalue weighted by Gasteiger charge is -2.29. The van der Waals surface area contributed by atoms with Crippen LogP contribution in [-0.2, 0) is 0 Å². The zero-order chi connectivity index (χ0) is 15.7. The molecule has 22 heavy (non-hydrogen) atoms. The summed E-state index contributed by atoms with van der Waals surface area (Å²) in [7, 11) is 0. The first-order valence-corrected chi connectivity index (χ1v) is 7.51. The second-order valence-electron chi connectivity index (χ2n) is 6.22. The molecule has 1 heterocycles. The first-order valence-electron chi connectivity index (χ1n) is 7.51. The summed E-state index contributed by atoms with van der Waals surface area (Å²) in [6.07, 6.45) is 4.09. The number of rotatable bonds is 3. The highest BCUT2D eigenvalue weighted by Gasteiger charge is 2.23. The van der Waals surface area contributed by atoms with Crippen molar-refractivity contribution in [1.29, 1.82) is 0 Å². The van der Waals surface area contributed by atoms with Gasteiger partial charge in [0, 0.05) is 22.9 Å². The average Bonchev–Trinajstić information content (AvgIpc) is 2.46. The molecule has 0 fully saturated rings. The minimum atomic E-state index is -0.338. The van der Waals surface area contributed by atoms with Crippen LogP contribution in [0.15, 0.2) is 48.5 Å². The summed E-state index contributed by atoms with van der Waals surface area (Å²) >= 11 is 0. The third-order valence-electron chi connectivity index (χ3n) is 3.82. The predicted octanol–water partition coefficient (Wildman–Crippen LogP) is 4.75. The van der Waals surface area contributed by atoms with Crippen LogP contribution in [0.5, 0.6) is 11.5 Å². The highest BCUT2D eigenvalue weighted by Crippen LogP contribution is 2.38. The topological polar surface area (TPSA) is 41.5 Å². The Morgan fingerprint density at radius 1 is 1.14 bits per heavy atom. The number of para-hydroxylation sites is 1. The van der Waals surface area contributed by atoms with E-state index in [1.807, 2.05) is 63.2 Å². The van der Waals surface area contributed by atoms with Crippen LogP contribution < -0.4 is 10.1 Å². The average molecular weight is 295 g/mol. The molecule has 0 aliphatic carbocycles. The quantitative estimate of drug-likeness (QED) is 0.858. The van der Waals surface area contributed by atoms with Gasteiger partial charge in [-0.1, -0.05) is 24.3 Å². The zero-order valence-corrected chi connectivity index (χ0v) is 13.1. The molecule has 1 atom stereocenters. The SMILES string of the molecule is C[C@@H](Nc1ccccc1)c1cc2c(cc1O)OC(C)(C)C=C2. The molecular weight excluding hydrogens is 274 g/mol. The largest absolute Gasteiger partial charge is 0.507 e. The Hall–Kier alpha value is -2.42. The molecule has 0 unspecified atom stereocenters. The van der Waals surface area contributed by atoms with Gasteiger partial charge < -0.3 is 15.2 Å². The van der Waals surface area contributed by atoms with Gasteiger partial charge in [-0.2, -0.15) is 0 Å². The number of phenolic OH excluding ortho intramolecular Hbond substituents is 1. The normalized spacial score (nSPS) is 16.5. The van der Waals surface area contributed by atoms with Gasteiger partial charge in [0.05, 0.1) is 6.04 Å². The van der Waals surface area contributed by atoms with E-state index in [1.165, 1.54) is 0 Å². The van der Waals surface area contributed by atoms with Crippen molar-refractivity contribution in [2.75, 3.05) is 5.32 Å². The molecule has 0 amide bonds. The molecule has 0 aromatic heterocycles. The fourth-order valence-corrected chi connectivity index (χ4v) is 2.64. The van der Waals surface area contributed by atoms with Crippen molar-refractivity contribution in [2.24, 2.45) is 0 Å². The van der Waals surface area contributed by atoms with Gasteiger partial charge in [-0.05, 0) is 45.0 Å². The maximum Gasteiger partial charge on any atom is 0.131 e. The Labute approximate surface area is 131 Å². The van der Waals surface area contributed by atoms with Crippen LogP contribution >= 0.6 is 0 Å². The molecule has 0 saturated carbocycles. The molecule has 3 rings (SSSR count). The van der Waals surface area contributed by atoms with Crippen LogP contribution in [0.25, 0.3) is 6.08 Å². The third-order valence-corrected chi connectivity index (χ3v) is 3.82. The summed E-state index contributed by atoms with van der Waals surface area (Å²) in [6.45, 7) is 6.03. The minimum Gasteiger partial charge on any atom is -0.507 e. The fourth-order valence-electron chi connectivity index (χ4n) is 2.64. The number of phenols is 1. The van der Waals surface area contributed by atoms with E-state index in [4.69, 9.17) is 4.74 Å². The molecule has 3 nitrogen and oxygen atoms in total. The number of nitrogens with one attached hydrogen (secondary N) is 1. The van der Waals surface area contributed by atoms with Gasteiger partial charge in [0.1, 0.15) is 17.1 Å². The van der Waals surface area contributed by atoms with E-state index in [9.17, 15) is 5.11 Å². The van der Waals surface area contributed by atoms with Crippen LogP contribution in [0, 0.1) is 0 Å². The van der Waals surface area contributed by atoms with E-state index in [0.29, 0.717) is 0 Å². The van der Waals surface area contributed by atoms with Crippen LogP contribution in [0.4, 0.5) is 5.69 Å². The van der Waals surface area contributed by atoms with Crippen LogP contribution in [0.3, 0.4) is 0 Å². The number of benzene rings is 2. The van der Waals surface area contributed by atoms with E-state index in [1.54, 1.807) is 6.07 Å². The molecule has 3 heteroatoms. The van der Waals surface area contributed by atoms with Gasteiger partial charge in [-0.3, -0.25) is 0 Å². The Morgan fingerprint density at radius 2 is 1.86 bits per heavy atom. The van der Waals surface area contributed by atoms with Crippen LogP contribution in [-0.4, -0.2) is 10.7 Å². The molecule has 2 N–H and O–H groups in total. The second-order valence-corrected chi connectivity index (χ2v) is 6.22. The van der Waals surface area contributed by atoms with Gasteiger partial charge in [0.25, 0.3) is 0 Å². The molecule has 2 aromatic rings. The Morgan fingerprint density at radius 3 is 2.59 bits per heavy atom. The zero-order valence-electron chi connectivity index (χ0n) is 13.1. The maximum absolute atomic E-state index is 10.3. The molecule has 0 radical (unpaired) electrons. The maximum atomic E-state index is 10.3. The fraction of sp³-hybridized carbons (Fsp3) is 0.263. The standard InChI is InChI=1S/C19H21NO2/c1-13(20-15-7-5-4-6-8-15)16-11-14-9-10-19(2,3)22-18(14)12-17(16)21/h4-13,20-21H,1-3H3/t13-/m1/s1. The number of hydrogen-bond acceptors (Lipinski definition) is 3. The molecule has 0 saturated heterocycles. The minimum absolute atomic E-state index is 0.00367. The second kappa shape index (κ2) is 5.41. The van der Waals surface area contributed by atoms with Crippen molar-refractivity contribution in [3.63, 3.8) is 0 Å². The highest BCUT2D eigenvalue weighted by atomic mass is 16.5. The summed E-state index contributed by atoms with van der Waals surface area (Å²) in [5, 5.41) is 13.7. The molecule has 1 aliphatic rings. The number of ether oxygens (including phenoxy) is 1. The van der Waals surface area contributed by atoms with Crippen molar-refractivity contribution in [3.05, 3.63) is 59.7 Å². The number of fused-ring (bicyclic) bond motifs is 1. The lowest BCUT2D eigenvalue weighted by Crippen LogP contribution is -2.27. The number of hydrogen-bond donors (Lipinski definition) is 2. The predicted molar refractivity (Wildman–Crippen MR) is 90.3 cm³/mol. The summed E-state index contributed by atoms with van der Waals surface area (Å²) in [6, 6.07) is 13.7. The first-order chi connectivity index (χ1) is 10.4. The van der Waals surface area contributed by atoms with Crippen molar-refractivity contribution >= 4 is 11.8 Å². The summed E-state index contributed by atoms with van der Waals surface area (Å²) in [5.41, 5.74) is 2.54. The van der Waals surface area contributed by atoms with Gasteiger partial charge in [-0.15, -0.1) is 0 Å². The van der Waals surface area contributed by atoms with E-state index in [0.717, 1.165) is 22.6 Å². The Balaban J connectivity index is 1.89. The third kappa shape index (κ3) is 2.93. The molecular formula is C19H21NO2. The van der Waals surface area contributed by atoms with Gasteiger partial charge >= 0.3 is 0 Å². The van der Waals surface area contributed by atoms with Gasteiger partial charge in [0.15, 0.2) is 0 Å². The number of anilines is 1. The van der Waals surface area contributed by atoms with Crippen molar-refractivity contribution in [2.45, 2.75) is 32.4 Å². The molecule has 114 valence electrons. The monoisotopic (exact) mass is 295 g/mol.